The number of hydrogen-bond donors (Lipinski definition) is 2. The molecule has 0 aliphatic rings. The van der Waals surface area contributed by atoms with Crippen LogP contribution in [0.15, 0.2) is 54.6 Å². The van der Waals surface area contributed by atoms with Crippen molar-refractivity contribution in [3.8, 4) is 0 Å². The number of anilines is 1. The summed E-state index contributed by atoms with van der Waals surface area (Å²) in [6.07, 6.45) is 1.92. The van der Waals surface area contributed by atoms with Gasteiger partial charge in [0.1, 0.15) is 11.3 Å². The van der Waals surface area contributed by atoms with E-state index >= 15 is 0 Å². The average Bonchev–Trinajstić information content (AvgIpc) is 2.50. The van der Waals surface area contributed by atoms with E-state index in [-0.39, 0.29) is 6.42 Å². The van der Waals surface area contributed by atoms with Crippen LogP contribution in [0, 0.1) is 0 Å². The topological polar surface area (TPSA) is 38.0 Å². The summed E-state index contributed by atoms with van der Waals surface area (Å²) >= 11 is 0. The second-order valence-corrected chi connectivity index (χ2v) is 10.7. The van der Waals surface area contributed by atoms with Crippen molar-refractivity contribution in [2.45, 2.75) is 89.6 Å². The molecule has 0 aliphatic heterocycles. The second kappa shape index (κ2) is 9.05. The van der Waals surface area contributed by atoms with Gasteiger partial charge in [-0.1, -0.05) is 42.5 Å². The monoisotopic (exact) mass is 416 g/mol. The molecule has 0 amide bonds. The summed E-state index contributed by atoms with van der Waals surface area (Å²) in [5.41, 5.74) is 5.76. The van der Waals surface area contributed by atoms with Gasteiger partial charge in [-0.25, -0.2) is 8.78 Å². The smallest absolute Gasteiger partial charge is 0.107 e. The summed E-state index contributed by atoms with van der Waals surface area (Å²) in [6.45, 7) is 10.3. The van der Waals surface area contributed by atoms with Crippen LogP contribution < -0.4 is 11.1 Å². The molecule has 4 heteroatoms. The number of rotatable bonds is 10. The van der Waals surface area contributed by atoms with E-state index < -0.39 is 22.4 Å². The van der Waals surface area contributed by atoms with Crippen molar-refractivity contribution in [1.29, 1.82) is 0 Å². The zero-order valence-electron chi connectivity index (χ0n) is 19.4. The van der Waals surface area contributed by atoms with Crippen molar-refractivity contribution < 1.29 is 8.78 Å². The molecule has 0 aliphatic carbocycles. The van der Waals surface area contributed by atoms with E-state index in [4.69, 9.17) is 5.73 Å². The van der Waals surface area contributed by atoms with Crippen molar-refractivity contribution in [1.82, 2.24) is 0 Å². The molecule has 0 spiro atoms. The lowest BCUT2D eigenvalue weighted by Crippen LogP contribution is -2.43. The second-order valence-electron chi connectivity index (χ2n) is 10.7. The van der Waals surface area contributed by atoms with Gasteiger partial charge in [0, 0.05) is 23.2 Å². The van der Waals surface area contributed by atoms with Crippen molar-refractivity contribution in [2.24, 2.45) is 5.73 Å². The molecule has 2 nitrogen and oxygen atoms in total. The van der Waals surface area contributed by atoms with Gasteiger partial charge < -0.3 is 11.1 Å². The first kappa shape index (κ1) is 24.3. The minimum absolute atomic E-state index is 0.277. The summed E-state index contributed by atoms with van der Waals surface area (Å²) in [7, 11) is 0. The molecule has 0 saturated heterocycles. The van der Waals surface area contributed by atoms with Crippen molar-refractivity contribution >= 4 is 5.69 Å². The Balaban J connectivity index is 2.22. The number of nitrogens with one attached hydrogen (secondary N) is 1. The lowest BCUT2D eigenvalue weighted by Gasteiger charge is -2.36. The van der Waals surface area contributed by atoms with Gasteiger partial charge in [0.25, 0.3) is 0 Å². The normalized spacial score (nSPS) is 16.6. The van der Waals surface area contributed by atoms with E-state index in [1.54, 1.807) is 27.7 Å². The number of halogens is 2. The molecule has 3 N–H and O–H groups in total. The Morgan fingerprint density at radius 2 is 1.30 bits per heavy atom. The number of nitrogens with two attached hydrogens (primary N) is 1. The third-order valence-electron chi connectivity index (χ3n) is 5.05. The maximum Gasteiger partial charge on any atom is 0.107 e. The summed E-state index contributed by atoms with van der Waals surface area (Å²) in [4.78, 5) is 0. The molecule has 0 bridgehead atoms. The van der Waals surface area contributed by atoms with Gasteiger partial charge in [-0.3, -0.25) is 0 Å². The third kappa shape index (κ3) is 8.83. The first-order chi connectivity index (χ1) is 13.6. The lowest BCUT2D eigenvalue weighted by molar-refractivity contribution is 0.159. The minimum Gasteiger partial charge on any atom is -0.379 e. The van der Waals surface area contributed by atoms with E-state index in [1.165, 1.54) is 0 Å². The van der Waals surface area contributed by atoms with Crippen LogP contribution in [0.5, 0.6) is 0 Å². The Morgan fingerprint density at radius 1 is 0.733 bits per heavy atom. The van der Waals surface area contributed by atoms with Crippen LogP contribution in [-0.4, -0.2) is 22.4 Å². The highest BCUT2D eigenvalue weighted by Crippen LogP contribution is 2.31. The maximum atomic E-state index is 14.7. The molecular formula is C26H38F2N2. The quantitative estimate of drug-likeness (QED) is 0.456. The van der Waals surface area contributed by atoms with Crippen molar-refractivity contribution in [3.63, 3.8) is 0 Å². The van der Waals surface area contributed by atoms with Gasteiger partial charge in [0.15, 0.2) is 0 Å². The SMILES string of the molecule is CC(C)(F)CC(C)(N)Cc1cccc(NC(C)(Cc2ccccc2)CC(C)(C)F)c1. The minimum atomic E-state index is -1.32. The fourth-order valence-electron chi connectivity index (χ4n) is 4.72. The molecular weight excluding hydrogens is 378 g/mol. The summed E-state index contributed by atoms with van der Waals surface area (Å²) in [5, 5.41) is 3.58. The van der Waals surface area contributed by atoms with E-state index in [1.807, 2.05) is 49.4 Å². The molecule has 0 aromatic heterocycles. The van der Waals surface area contributed by atoms with E-state index in [9.17, 15) is 8.78 Å². The van der Waals surface area contributed by atoms with Gasteiger partial charge in [0.05, 0.1) is 0 Å². The molecule has 2 rings (SSSR count). The highest BCUT2D eigenvalue weighted by molar-refractivity contribution is 5.49. The highest BCUT2D eigenvalue weighted by atomic mass is 19.1. The molecule has 0 saturated carbocycles. The number of alkyl halides is 2. The van der Waals surface area contributed by atoms with E-state index in [2.05, 4.69) is 24.4 Å². The van der Waals surface area contributed by atoms with E-state index in [0.29, 0.717) is 19.3 Å². The molecule has 166 valence electrons. The summed E-state index contributed by atoms with van der Waals surface area (Å²) < 4.78 is 28.8. The molecule has 0 fully saturated rings. The Morgan fingerprint density at radius 3 is 1.87 bits per heavy atom. The summed E-state index contributed by atoms with van der Waals surface area (Å²) in [5.74, 6) is 0. The average molecular weight is 417 g/mol. The van der Waals surface area contributed by atoms with Gasteiger partial charge in [-0.05, 0) is 84.1 Å². The van der Waals surface area contributed by atoms with Crippen LogP contribution >= 0.6 is 0 Å². The molecule has 2 unspecified atom stereocenters. The van der Waals surface area contributed by atoms with Gasteiger partial charge >= 0.3 is 0 Å². The molecule has 0 heterocycles. The zero-order chi connectivity index (χ0) is 22.6. The van der Waals surface area contributed by atoms with Crippen LogP contribution in [0.25, 0.3) is 0 Å². The standard InChI is InChI=1S/C26H38F2N2/c1-23(2,27)18-25(5,29)16-21-13-10-14-22(15-21)30-26(6,19-24(3,4)28)17-20-11-8-7-9-12-20/h7-15,30H,16-19,29H2,1-6H3. The van der Waals surface area contributed by atoms with Gasteiger partial charge in [0.2, 0.25) is 0 Å². The molecule has 2 aromatic rings. The van der Waals surface area contributed by atoms with Gasteiger partial charge in [-0.2, -0.15) is 0 Å². The number of hydrogen-bond acceptors (Lipinski definition) is 2. The molecule has 0 radical (unpaired) electrons. The maximum absolute atomic E-state index is 14.7. The zero-order valence-corrected chi connectivity index (χ0v) is 19.4. The Labute approximate surface area is 181 Å². The first-order valence-electron chi connectivity index (χ1n) is 10.7. The highest BCUT2D eigenvalue weighted by Gasteiger charge is 2.33. The molecule has 2 aromatic carbocycles. The largest absolute Gasteiger partial charge is 0.379 e. The predicted octanol–water partition coefficient (Wildman–Crippen LogP) is 6.64. The molecule has 2 atom stereocenters. The number of benzene rings is 2. The predicted molar refractivity (Wildman–Crippen MR) is 125 cm³/mol. The van der Waals surface area contributed by atoms with Crippen LogP contribution in [0.3, 0.4) is 0 Å². The van der Waals surface area contributed by atoms with Crippen LogP contribution in [-0.2, 0) is 12.8 Å². The van der Waals surface area contributed by atoms with Gasteiger partial charge in [-0.15, -0.1) is 0 Å². The Kier molecular flexibility index (Phi) is 7.34. The van der Waals surface area contributed by atoms with Crippen LogP contribution in [0.1, 0.15) is 65.5 Å². The Hall–Kier alpha value is -1.94. The fraction of sp³-hybridized carbons (Fsp3) is 0.538. The third-order valence-corrected chi connectivity index (χ3v) is 5.05. The lowest BCUT2D eigenvalue weighted by atomic mass is 9.83. The van der Waals surface area contributed by atoms with Crippen molar-refractivity contribution in [3.05, 3.63) is 65.7 Å². The van der Waals surface area contributed by atoms with Crippen molar-refractivity contribution in [2.75, 3.05) is 5.32 Å². The fourth-order valence-corrected chi connectivity index (χ4v) is 4.72. The summed E-state index contributed by atoms with van der Waals surface area (Å²) in [6, 6.07) is 18.2. The molecule has 30 heavy (non-hydrogen) atoms. The van der Waals surface area contributed by atoms with E-state index in [0.717, 1.165) is 16.8 Å². The first-order valence-corrected chi connectivity index (χ1v) is 10.7. The van der Waals surface area contributed by atoms with Crippen LogP contribution in [0.4, 0.5) is 14.5 Å². The van der Waals surface area contributed by atoms with Crippen LogP contribution in [0.2, 0.25) is 0 Å². The Bertz CT molecular complexity index is 804.